The lowest BCUT2D eigenvalue weighted by molar-refractivity contribution is 0.377. The van der Waals surface area contributed by atoms with E-state index >= 15 is 0 Å². The van der Waals surface area contributed by atoms with Gasteiger partial charge in [-0.05, 0) is 68.3 Å². The molecule has 4 aromatic rings. The lowest BCUT2D eigenvalue weighted by Crippen LogP contribution is -2.35. The van der Waals surface area contributed by atoms with E-state index in [1.165, 1.54) is 36.8 Å². The summed E-state index contributed by atoms with van der Waals surface area (Å²) in [6, 6.07) is 16.8. The fraction of sp³-hybridized carbons (Fsp3) is 0.393. The minimum absolute atomic E-state index is 0.608. The minimum atomic E-state index is 0.608. The summed E-state index contributed by atoms with van der Waals surface area (Å²) < 4.78 is 1.98. The smallest absolute Gasteiger partial charge is 0.163 e. The molecule has 7 nitrogen and oxygen atoms in total. The zero-order valence-electron chi connectivity index (χ0n) is 20.3. The Bertz CT molecular complexity index is 1270. The molecule has 35 heavy (non-hydrogen) atoms. The molecule has 1 saturated heterocycles. The van der Waals surface area contributed by atoms with Gasteiger partial charge in [-0.3, -0.25) is 4.98 Å². The Labute approximate surface area is 206 Å². The van der Waals surface area contributed by atoms with Crippen LogP contribution in [0.5, 0.6) is 0 Å². The fourth-order valence-corrected chi connectivity index (χ4v) is 5.04. The highest BCUT2D eigenvalue weighted by atomic mass is 15.3. The molecule has 1 saturated carbocycles. The van der Waals surface area contributed by atoms with Gasteiger partial charge < -0.3 is 15.5 Å². The molecule has 4 heterocycles. The topological polar surface area (TPSA) is 70.4 Å². The first-order valence-corrected chi connectivity index (χ1v) is 12.8. The van der Waals surface area contributed by atoms with Crippen LogP contribution in [0.3, 0.4) is 0 Å². The molecule has 3 aromatic heterocycles. The molecular formula is C28H33N7. The van der Waals surface area contributed by atoms with Gasteiger partial charge >= 0.3 is 0 Å². The summed E-state index contributed by atoms with van der Waals surface area (Å²) >= 11 is 0. The number of hydrogen-bond donors (Lipinski definition) is 2. The molecule has 0 amide bonds. The highest BCUT2D eigenvalue weighted by Crippen LogP contribution is 2.42. The lowest BCUT2D eigenvalue weighted by atomic mass is 9.98. The highest BCUT2D eigenvalue weighted by Gasteiger charge is 2.28. The summed E-state index contributed by atoms with van der Waals surface area (Å²) in [6.45, 7) is 3.99. The van der Waals surface area contributed by atoms with E-state index in [0.717, 1.165) is 54.7 Å². The molecule has 1 aromatic carbocycles. The van der Waals surface area contributed by atoms with Crippen molar-refractivity contribution < 1.29 is 0 Å². The number of piperidine rings is 1. The van der Waals surface area contributed by atoms with Gasteiger partial charge in [-0.25, -0.2) is 4.98 Å². The van der Waals surface area contributed by atoms with Crippen LogP contribution in [0.4, 0.5) is 11.6 Å². The molecule has 0 bridgehead atoms. The SMILES string of the molecule is CN(CC1CCNCC1)c1cc(NCc2ccc(-c3ccccn3)cc2)n2ncc(C3CC3)c2n1. The van der Waals surface area contributed by atoms with Crippen molar-refractivity contribution in [1.29, 1.82) is 0 Å². The zero-order chi connectivity index (χ0) is 23.6. The van der Waals surface area contributed by atoms with Crippen LogP contribution in [0.15, 0.2) is 60.9 Å². The van der Waals surface area contributed by atoms with Crippen LogP contribution in [0.1, 0.15) is 42.7 Å². The Hall–Kier alpha value is -3.45. The number of nitrogens with zero attached hydrogens (tertiary/aromatic N) is 5. The predicted molar refractivity (Wildman–Crippen MR) is 141 cm³/mol. The van der Waals surface area contributed by atoms with Gasteiger partial charge in [0, 0.05) is 43.5 Å². The maximum absolute atomic E-state index is 5.09. The van der Waals surface area contributed by atoms with Crippen molar-refractivity contribution in [3.05, 3.63) is 72.1 Å². The van der Waals surface area contributed by atoms with E-state index in [1.54, 1.807) is 0 Å². The third kappa shape index (κ3) is 4.86. The number of aromatic nitrogens is 4. The molecule has 1 aliphatic carbocycles. The third-order valence-electron chi connectivity index (χ3n) is 7.27. The number of pyridine rings is 1. The van der Waals surface area contributed by atoms with Crippen LogP contribution in [-0.2, 0) is 6.54 Å². The van der Waals surface area contributed by atoms with Crippen LogP contribution < -0.4 is 15.5 Å². The molecule has 6 rings (SSSR count). The second kappa shape index (κ2) is 9.66. The Balaban J connectivity index is 1.24. The largest absolute Gasteiger partial charge is 0.366 e. The van der Waals surface area contributed by atoms with E-state index < -0.39 is 0 Å². The number of rotatable bonds is 8. The monoisotopic (exact) mass is 467 g/mol. The summed E-state index contributed by atoms with van der Waals surface area (Å²) in [6.07, 6.45) is 8.79. The van der Waals surface area contributed by atoms with Crippen molar-refractivity contribution in [2.24, 2.45) is 5.92 Å². The summed E-state index contributed by atoms with van der Waals surface area (Å²) in [4.78, 5) is 11.9. The van der Waals surface area contributed by atoms with E-state index in [4.69, 9.17) is 10.1 Å². The minimum Gasteiger partial charge on any atom is -0.366 e. The van der Waals surface area contributed by atoms with E-state index in [0.29, 0.717) is 11.8 Å². The van der Waals surface area contributed by atoms with Gasteiger partial charge in [0.1, 0.15) is 11.6 Å². The van der Waals surface area contributed by atoms with Gasteiger partial charge in [-0.15, -0.1) is 0 Å². The van der Waals surface area contributed by atoms with Crippen molar-refractivity contribution in [3.8, 4) is 11.3 Å². The molecule has 2 aliphatic rings. The molecule has 180 valence electrons. The Morgan fingerprint density at radius 2 is 1.89 bits per heavy atom. The molecule has 2 fully saturated rings. The maximum atomic E-state index is 5.09. The normalized spacial score (nSPS) is 16.5. The Morgan fingerprint density at radius 3 is 2.63 bits per heavy atom. The Kier molecular flexibility index (Phi) is 6.08. The van der Waals surface area contributed by atoms with Crippen LogP contribution in [0.25, 0.3) is 16.9 Å². The second-order valence-corrected chi connectivity index (χ2v) is 9.95. The average Bonchev–Trinajstić information content (AvgIpc) is 3.67. The summed E-state index contributed by atoms with van der Waals surface area (Å²) in [7, 11) is 2.17. The first-order chi connectivity index (χ1) is 17.2. The third-order valence-corrected chi connectivity index (χ3v) is 7.27. The zero-order valence-corrected chi connectivity index (χ0v) is 20.3. The van der Waals surface area contributed by atoms with Crippen molar-refractivity contribution in [3.63, 3.8) is 0 Å². The molecular weight excluding hydrogens is 434 g/mol. The first-order valence-electron chi connectivity index (χ1n) is 12.8. The summed E-state index contributed by atoms with van der Waals surface area (Å²) in [5.41, 5.74) is 5.62. The number of benzene rings is 1. The van der Waals surface area contributed by atoms with Crippen LogP contribution in [-0.4, -0.2) is 46.3 Å². The quantitative estimate of drug-likeness (QED) is 0.391. The van der Waals surface area contributed by atoms with E-state index in [9.17, 15) is 0 Å². The van der Waals surface area contributed by atoms with Crippen LogP contribution >= 0.6 is 0 Å². The second-order valence-electron chi connectivity index (χ2n) is 9.95. The van der Waals surface area contributed by atoms with E-state index in [1.807, 2.05) is 35.1 Å². The van der Waals surface area contributed by atoms with Gasteiger partial charge in [-0.2, -0.15) is 9.61 Å². The summed E-state index contributed by atoms with van der Waals surface area (Å²) in [5.74, 6) is 3.33. The number of fused-ring (bicyclic) bond motifs is 1. The standard InChI is InChI=1S/C28H33N7/c1-34(19-21-11-14-29-15-12-21)27-16-26(35-28(33-27)24(18-32-35)22-9-10-22)31-17-20-5-7-23(8-6-20)25-4-2-3-13-30-25/h2-8,13,16,18,21-22,29,31H,9-12,14-15,17,19H2,1H3. The van der Waals surface area contributed by atoms with Crippen molar-refractivity contribution in [1.82, 2.24) is 24.9 Å². The number of nitrogens with one attached hydrogen (secondary N) is 2. The van der Waals surface area contributed by atoms with Crippen LogP contribution in [0.2, 0.25) is 0 Å². The molecule has 1 aliphatic heterocycles. The highest BCUT2D eigenvalue weighted by molar-refractivity contribution is 5.63. The molecule has 0 atom stereocenters. The van der Waals surface area contributed by atoms with Gasteiger partial charge in [-0.1, -0.05) is 30.3 Å². The molecule has 0 spiro atoms. The molecule has 0 unspecified atom stereocenters. The van der Waals surface area contributed by atoms with Gasteiger partial charge in [0.05, 0.1) is 11.9 Å². The number of anilines is 2. The van der Waals surface area contributed by atoms with Gasteiger partial charge in [0.15, 0.2) is 5.65 Å². The predicted octanol–water partition coefficient (Wildman–Crippen LogP) is 4.72. The fourth-order valence-electron chi connectivity index (χ4n) is 5.04. The lowest BCUT2D eigenvalue weighted by Gasteiger charge is -2.28. The first kappa shape index (κ1) is 22.0. The van der Waals surface area contributed by atoms with Gasteiger partial charge in [0.2, 0.25) is 0 Å². The summed E-state index contributed by atoms with van der Waals surface area (Å²) in [5, 5.41) is 11.8. The van der Waals surface area contributed by atoms with Crippen molar-refractivity contribution >= 4 is 17.3 Å². The Morgan fingerprint density at radius 1 is 1.06 bits per heavy atom. The van der Waals surface area contributed by atoms with Crippen molar-refractivity contribution in [2.75, 3.05) is 36.9 Å². The molecule has 0 radical (unpaired) electrons. The number of hydrogen-bond acceptors (Lipinski definition) is 6. The van der Waals surface area contributed by atoms with E-state index in [-0.39, 0.29) is 0 Å². The average molecular weight is 468 g/mol. The van der Waals surface area contributed by atoms with Gasteiger partial charge in [0.25, 0.3) is 0 Å². The van der Waals surface area contributed by atoms with E-state index in [2.05, 4.69) is 57.9 Å². The van der Waals surface area contributed by atoms with Crippen molar-refractivity contribution in [2.45, 2.75) is 38.1 Å². The van der Waals surface area contributed by atoms with Crippen LogP contribution in [0, 0.1) is 5.92 Å². The maximum Gasteiger partial charge on any atom is 0.163 e. The molecule has 2 N–H and O–H groups in total. The molecule has 7 heteroatoms.